The molecule has 4 heterocycles. The first-order valence-corrected chi connectivity index (χ1v) is 12.4. The normalized spacial score (nSPS) is 11.7. The number of pyridine rings is 2. The van der Waals surface area contributed by atoms with E-state index in [1.54, 1.807) is 49.2 Å². The maximum atomic E-state index is 15.3. The molecule has 0 spiro atoms. The van der Waals surface area contributed by atoms with Gasteiger partial charge in [0.05, 0.1) is 34.3 Å². The molecule has 0 saturated heterocycles. The number of tetrazole rings is 1. The maximum absolute atomic E-state index is 15.3. The summed E-state index contributed by atoms with van der Waals surface area (Å²) in [4.78, 5) is 13.4. The van der Waals surface area contributed by atoms with Crippen LogP contribution in [-0.2, 0) is 6.42 Å². The van der Waals surface area contributed by atoms with Crippen LogP contribution in [0.15, 0.2) is 98.1 Å². The lowest BCUT2D eigenvalue weighted by atomic mass is 10.00. The molecule has 2 N–H and O–H groups in total. The highest BCUT2D eigenvalue weighted by atomic mass is 35.5. The molecule has 2 aromatic carbocycles. The molecule has 0 saturated carbocycles. The van der Waals surface area contributed by atoms with Gasteiger partial charge in [0.25, 0.3) is 6.33 Å². The van der Waals surface area contributed by atoms with Gasteiger partial charge in [-0.25, -0.2) is 13.8 Å². The molecular formula is C28H21ClF2N8O. The van der Waals surface area contributed by atoms with Gasteiger partial charge in [-0.15, -0.1) is 4.68 Å². The molecule has 1 atom stereocenters. The Hall–Kier alpha value is -4.87. The second-order valence-electron chi connectivity index (χ2n) is 8.82. The summed E-state index contributed by atoms with van der Waals surface area (Å²) in [6, 6.07) is 16.7. The minimum atomic E-state index is -0.578. The largest absolute Gasteiger partial charge is 0.870 e. The predicted octanol–water partition coefficient (Wildman–Crippen LogP) is 4.99. The van der Waals surface area contributed by atoms with E-state index in [9.17, 15) is 4.39 Å². The van der Waals surface area contributed by atoms with Gasteiger partial charge in [0, 0.05) is 35.9 Å². The maximum Gasteiger partial charge on any atom is 0.293 e. The van der Waals surface area contributed by atoms with E-state index in [0.717, 1.165) is 22.5 Å². The molecule has 0 aliphatic carbocycles. The van der Waals surface area contributed by atoms with E-state index in [1.165, 1.54) is 29.2 Å². The summed E-state index contributed by atoms with van der Waals surface area (Å²) in [5.74, 6) is -0.879. The Balaban J connectivity index is 0.00000323. The molecule has 0 bridgehead atoms. The highest BCUT2D eigenvalue weighted by Gasteiger charge is 2.22. The van der Waals surface area contributed by atoms with Crippen LogP contribution in [-0.4, -0.2) is 40.5 Å². The number of imidazole rings is 1. The minimum Gasteiger partial charge on any atom is -0.870 e. The van der Waals surface area contributed by atoms with Crippen LogP contribution in [0.2, 0.25) is 5.02 Å². The van der Waals surface area contributed by atoms with Gasteiger partial charge in [0.2, 0.25) is 0 Å². The molecule has 0 fully saturated rings. The average molecular weight is 559 g/mol. The Morgan fingerprint density at radius 3 is 2.42 bits per heavy atom. The third kappa shape index (κ3) is 5.33. The van der Waals surface area contributed by atoms with Gasteiger partial charge in [0.1, 0.15) is 16.6 Å². The van der Waals surface area contributed by atoms with Crippen molar-refractivity contribution in [1.29, 1.82) is 0 Å². The van der Waals surface area contributed by atoms with Crippen molar-refractivity contribution in [3.05, 3.63) is 126 Å². The molecule has 0 aliphatic heterocycles. The van der Waals surface area contributed by atoms with Crippen LogP contribution >= 0.6 is 11.6 Å². The molecule has 4 aromatic heterocycles. The van der Waals surface area contributed by atoms with E-state index in [1.807, 2.05) is 29.0 Å². The van der Waals surface area contributed by atoms with Crippen molar-refractivity contribution in [2.45, 2.75) is 12.5 Å². The van der Waals surface area contributed by atoms with E-state index in [2.05, 4.69) is 25.5 Å². The number of hydrogen-bond donors (Lipinski definition) is 1. The van der Waals surface area contributed by atoms with Gasteiger partial charge in [-0.1, -0.05) is 35.0 Å². The first-order valence-electron chi connectivity index (χ1n) is 12.0. The summed E-state index contributed by atoms with van der Waals surface area (Å²) in [6.07, 6.45) is 10.7. The van der Waals surface area contributed by atoms with Crippen molar-refractivity contribution in [1.82, 2.24) is 35.0 Å². The van der Waals surface area contributed by atoms with Crippen LogP contribution in [0.5, 0.6) is 0 Å². The molecule has 0 amide bonds. The van der Waals surface area contributed by atoms with Crippen LogP contribution in [0.4, 0.5) is 8.78 Å². The minimum absolute atomic E-state index is 0. The zero-order valence-corrected chi connectivity index (χ0v) is 21.5. The third-order valence-electron chi connectivity index (χ3n) is 6.41. The molecule has 6 aromatic rings. The van der Waals surface area contributed by atoms with Gasteiger partial charge in [-0.2, -0.15) is 0 Å². The van der Waals surface area contributed by atoms with E-state index >= 15 is 4.39 Å². The smallest absolute Gasteiger partial charge is 0.293 e. The second-order valence-corrected chi connectivity index (χ2v) is 9.22. The number of benzene rings is 2. The monoisotopic (exact) mass is 558 g/mol. The van der Waals surface area contributed by atoms with Gasteiger partial charge in [0.15, 0.2) is 11.0 Å². The topological polar surface area (TPSA) is 119 Å². The number of aromatic nitrogens is 8. The number of halogens is 3. The second kappa shape index (κ2) is 11.5. The molecule has 9 nitrogen and oxygen atoms in total. The Bertz CT molecular complexity index is 1710. The lowest BCUT2D eigenvalue weighted by molar-refractivity contribution is -0.659. The number of nitrogens with zero attached hydrogens (tertiary/aromatic N) is 7. The fourth-order valence-electron chi connectivity index (χ4n) is 4.44. The molecular weight excluding hydrogens is 538 g/mol. The number of nitrogens with one attached hydrogen (secondary N) is 1. The third-order valence-corrected chi connectivity index (χ3v) is 6.70. The Morgan fingerprint density at radius 1 is 0.925 bits per heavy atom. The fraction of sp³-hybridized carbons (Fsp3) is 0.0714. The number of H-pyrrole nitrogens is 1. The van der Waals surface area contributed by atoms with Crippen molar-refractivity contribution in [2.75, 3.05) is 0 Å². The molecule has 1 unspecified atom stereocenters. The van der Waals surface area contributed by atoms with E-state index in [0.29, 0.717) is 17.7 Å². The molecule has 40 heavy (non-hydrogen) atoms. The quantitative estimate of drug-likeness (QED) is 0.276. The van der Waals surface area contributed by atoms with Crippen LogP contribution < -0.4 is 4.68 Å². The van der Waals surface area contributed by atoms with Crippen molar-refractivity contribution < 1.29 is 18.9 Å². The SMILES string of the molecule is Fc1ccc(CC(c2ccc(-c3c(-[n+]4cnn[nH]4)ccc(Cl)c3F)cn2)n2cnc(-c3ccncc3)c2)cc1.[OH-]. The first kappa shape index (κ1) is 26.7. The van der Waals surface area contributed by atoms with Crippen LogP contribution in [0.25, 0.3) is 28.1 Å². The Kier molecular flexibility index (Phi) is 7.67. The van der Waals surface area contributed by atoms with Crippen LogP contribution in [0, 0.1) is 11.6 Å². The van der Waals surface area contributed by atoms with Gasteiger partial charge in [-0.05, 0) is 54.4 Å². The number of hydrogen-bond acceptors (Lipinski definition) is 6. The standard InChI is InChI=1S/C28H19ClF2N8.H2O/c29-22-6-8-25(39-17-35-36-37-39)27(28(22)31)20-3-7-23(33-14-20)26(13-18-1-4-21(30)5-2-18)38-15-24(34-16-38)19-9-11-32-12-10-19;/h1-12,14-17,26H,13H2;1H2. The van der Waals surface area contributed by atoms with Crippen molar-refractivity contribution in [2.24, 2.45) is 0 Å². The molecule has 0 radical (unpaired) electrons. The number of aromatic amines is 1. The average Bonchev–Trinajstić information content (AvgIpc) is 3.68. The molecule has 6 rings (SSSR count). The van der Waals surface area contributed by atoms with Crippen molar-refractivity contribution in [3.8, 4) is 28.1 Å². The number of rotatable bonds is 7. The summed E-state index contributed by atoms with van der Waals surface area (Å²) >= 11 is 6.13. The van der Waals surface area contributed by atoms with E-state index in [-0.39, 0.29) is 27.9 Å². The van der Waals surface area contributed by atoms with Crippen molar-refractivity contribution in [3.63, 3.8) is 0 Å². The summed E-state index contributed by atoms with van der Waals surface area (Å²) < 4.78 is 32.3. The molecule has 12 heteroatoms. The van der Waals surface area contributed by atoms with Crippen LogP contribution in [0.1, 0.15) is 17.3 Å². The van der Waals surface area contributed by atoms with E-state index in [4.69, 9.17) is 16.6 Å². The van der Waals surface area contributed by atoms with Crippen molar-refractivity contribution >= 4 is 11.6 Å². The van der Waals surface area contributed by atoms with Gasteiger partial charge < -0.3 is 10.0 Å². The molecule has 200 valence electrons. The van der Waals surface area contributed by atoms with Crippen LogP contribution in [0.3, 0.4) is 0 Å². The summed E-state index contributed by atoms with van der Waals surface area (Å²) in [5.41, 5.74) is 4.64. The Labute approximate surface area is 232 Å². The zero-order valence-electron chi connectivity index (χ0n) is 20.7. The highest BCUT2D eigenvalue weighted by Crippen LogP contribution is 2.32. The van der Waals surface area contributed by atoms with Gasteiger partial charge in [-0.3, -0.25) is 9.97 Å². The summed E-state index contributed by atoms with van der Waals surface area (Å²) in [7, 11) is 0. The lowest BCUT2D eigenvalue weighted by Gasteiger charge is -2.19. The first-order chi connectivity index (χ1) is 19.1. The fourth-order valence-corrected chi connectivity index (χ4v) is 4.60. The zero-order chi connectivity index (χ0) is 26.8. The van der Waals surface area contributed by atoms with E-state index < -0.39 is 5.82 Å². The summed E-state index contributed by atoms with van der Waals surface area (Å²) in [6.45, 7) is 0. The lowest BCUT2D eigenvalue weighted by Crippen LogP contribution is -2.33. The molecule has 0 aliphatic rings. The Morgan fingerprint density at radius 2 is 1.73 bits per heavy atom. The highest BCUT2D eigenvalue weighted by molar-refractivity contribution is 6.31. The van der Waals surface area contributed by atoms with Gasteiger partial charge >= 0.3 is 0 Å². The predicted molar refractivity (Wildman–Crippen MR) is 142 cm³/mol. The summed E-state index contributed by atoms with van der Waals surface area (Å²) in [5, 5.41) is 10.2.